The van der Waals surface area contributed by atoms with Crippen LogP contribution < -0.4 is 0 Å². The molecule has 0 fully saturated rings. The minimum absolute atomic E-state index is 0. The summed E-state index contributed by atoms with van der Waals surface area (Å²) in [4.78, 5) is 22.8. The summed E-state index contributed by atoms with van der Waals surface area (Å²) in [6.45, 7) is 10.3. The first-order valence-corrected chi connectivity index (χ1v) is 26.9. The number of aromatic nitrogens is 5. The van der Waals surface area contributed by atoms with Crippen LogP contribution in [0.4, 0.5) is 0 Å². The van der Waals surface area contributed by atoms with E-state index in [-0.39, 0.29) is 31.4 Å². The number of nitrogens with zero attached hydrogens (tertiary/aromatic N) is 5. The van der Waals surface area contributed by atoms with Gasteiger partial charge in [0, 0.05) is 67.6 Å². The second-order valence-corrected chi connectivity index (χ2v) is 21.5. The van der Waals surface area contributed by atoms with E-state index in [2.05, 4.69) is 210 Å². The fourth-order valence-corrected chi connectivity index (χ4v) is 10.9. The molecule has 9 aromatic carbocycles. The van der Waals surface area contributed by atoms with E-state index >= 15 is 0 Å². The Hall–Kier alpha value is -9.00. The Labute approximate surface area is 481 Å². The van der Waals surface area contributed by atoms with E-state index < -0.39 is 0 Å². The van der Waals surface area contributed by atoms with Crippen molar-refractivity contribution in [2.45, 2.75) is 52.9 Å². The number of hydrogen-bond acceptors (Lipinski definition) is 6. The van der Waals surface area contributed by atoms with E-state index in [1.54, 1.807) is 0 Å². The summed E-state index contributed by atoms with van der Waals surface area (Å²) in [6.07, 6.45) is 11.5. The van der Waals surface area contributed by atoms with Crippen LogP contribution in [0.3, 0.4) is 0 Å². The van der Waals surface area contributed by atoms with E-state index in [1.807, 2.05) is 82.0 Å². The van der Waals surface area contributed by atoms with Gasteiger partial charge in [0.05, 0.1) is 10.9 Å². The second-order valence-electron chi connectivity index (χ2n) is 21.5. The van der Waals surface area contributed by atoms with Crippen LogP contribution in [0.5, 0.6) is 5.88 Å². The Bertz CT molecular complexity index is 4270. The van der Waals surface area contributed by atoms with Crippen molar-refractivity contribution < 1.29 is 25.2 Å². The van der Waals surface area contributed by atoms with Crippen molar-refractivity contribution in [2.75, 3.05) is 0 Å². The first kappa shape index (κ1) is 53.0. The van der Waals surface area contributed by atoms with E-state index in [4.69, 9.17) is 4.98 Å². The molecule has 0 atom stereocenters. The number of para-hydroxylation sites is 1. The van der Waals surface area contributed by atoms with Crippen LogP contribution in [-0.2, 0) is 38.4 Å². The molecule has 0 bridgehead atoms. The van der Waals surface area contributed by atoms with Gasteiger partial charge in [-0.05, 0) is 168 Å². The average molecular weight is 1210 g/mol. The smallest absolute Gasteiger partial charge is 0.222 e. The molecule has 13 aromatic rings. The van der Waals surface area contributed by atoms with Crippen molar-refractivity contribution >= 4 is 43.2 Å². The summed E-state index contributed by atoms with van der Waals surface area (Å²) < 4.78 is 0. The molecule has 0 spiro atoms. The molecule has 0 saturated heterocycles. The zero-order valence-electron chi connectivity index (χ0n) is 45.4. The summed E-state index contributed by atoms with van der Waals surface area (Å²) >= 11 is 0. The number of benzene rings is 9. The molecule has 4 aromatic heterocycles. The molecule has 391 valence electrons. The molecule has 0 unspecified atom stereocenters. The van der Waals surface area contributed by atoms with Crippen molar-refractivity contribution in [2.24, 2.45) is 0 Å². The third kappa shape index (κ3) is 10.9. The number of pyridine rings is 3. The summed E-state index contributed by atoms with van der Waals surface area (Å²) in [7, 11) is 0. The molecule has 0 aliphatic rings. The van der Waals surface area contributed by atoms with Crippen LogP contribution in [0.25, 0.3) is 110 Å². The van der Waals surface area contributed by atoms with Gasteiger partial charge < -0.3 is 10.1 Å². The SMILES string of the molecule is CC(C)(C)c1nc(O)c2ccccc2n1.Cc1cncc(-c2ccccc2-c2cc(CCc3cnc(-c4[c-]cccc4)cc3-c3ccc4c5ccccc5c5ccccc5c4c3)cc(-c3ccccc3-c3cncc(C)c3)c2)c1.[Ir]. The molecule has 1 radical (unpaired) electrons. The van der Waals surface area contributed by atoms with Crippen LogP contribution in [0.15, 0.2) is 231 Å². The Balaban J connectivity index is 0.000000365. The van der Waals surface area contributed by atoms with Crippen molar-refractivity contribution in [3.05, 3.63) is 265 Å². The number of hydrogen-bond donors (Lipinski definition) is 1. The maximum absolute atomic E-state index is 9.76. The zero-order valence-corrected chi connectivity index (χ0v) is 47.8. The maximum atomic E-state index is 9.76. The van der Waals surface area contributed by atoms with Gasteiger partial charge in [-0.15, -0.1) is 35.9 Å². The fraction of sp³-hybridized carbons (Fsp3) is 0.110. The summed E-state index contributed by atoms with van der Waals surface area (Å²) in [5, 5.41) is 18.1. The Morgan fingerprint density at radius 2 is 0.938 bits per heavy atom. The van der Waals surface area contributed by atoms with Crippen molar-refractivity contribution in [3.63, 3.8) is 0 Å². The van der Waals surface area contributed by atoms with Gasteiger partial charge in [0.1, 0.15) is 5.82 Å². The Kier molecular flexibility index (Phi) is 15.1. The van der Waals surface area contributed by atoms with Crippen molar-refractivity contribution in [3.8, 4) is 72.8 Å². The number of aryl methyl sites for hydroxylation is 4. The zero-order chi connectivity index (χ0) is 54.0. The first-order chi connectivity index (χ1) is 38.5. The molecule has 80 heavy (non-hydrogen) atoms. The molecule has 6 nitrogen and oxygen atoms in total. The number of fused-ring (bicyclic) bond motifs is 7. The molecule has 1 N–H and O–H groups in total. The summed E-state index contributed by atoms with van der Waals surface area (Å²) in [5.41, 5.74) is 18.9. The molecule has 13 rings (SSSR count). The van der Waals surface area contributed by atoms with Gasteiger partial charge in [0.25, 0.3) is 0 Å². The minimum Gasteiger partial charge on any atom is -0.493 e. The average Bonchev–Trinajstić information content (AvgIpc) is 3.50. The molecular formula is C73H58IrN5O-. The second kappa shape index (κ2) is 22.8. The molecular weight excluding hydrogens is 1160 g/mol. The normalized spacial score (nSPS) is 11.4. The summed E-state index contributed by atoms with van der Waals surface area (Å²) in [6, 6.07) is 74.9. The largest absolute Gasteiger partial charge is 0.493 e. The molecule has 0 aliphatic carbocycles. The van der Waals surface area contributed by atoms with E-state index in [0.717, 1.165) is 63.0 Å². The van der Waals surface area contributed by atoms with Crippen LogP contribution in [0.1, 0.15) is 48.8 Å². The third-order valence-electron chi connectivity index (χ3n) is 14.8. The third-order valence-corrected chi connectivity index (χ3v) is 14.8. The van der Waals surface area contributed by atoms with E-state index in [1.165, 1.54) is 76.8 Å². The maximum Gasteiger partial charge on any atom is 0.222 e. The van der Waals surface area contributed by atoms with Crippen molar-refractivity contribution in [1.29, 1.82) is 0 Å². The summed E-state index contributed by atoms with van der Waals surface area (Å²) in [5.74, 6) is 0.726. The van der Waals surface area contributed by atoms with Gasteiger partial charge in [0.15, 0.2) is 0 Å². The van der Waals surface area contributed by atoms with Gasteiger partial charge in [-0.3, -0.25) is 9.97 Å². The Morgan fingerprint density at radius 1 is 0.425 bits per heavy atom. The van der Waals surface area contributed by atoms with Crippen LogP contribution >= 0.6 is 0 Å². The van der Waals surface area contributed by atoms with Crippen LogP contribution in [-0.4, -0.2) is 30.0 Å². The van der Waals surface area contributed by atoms with Crippen LogP contribution in [0.2, 0.25) is 0 Å². The van der Waals surface area contributed by atoms with Crippen molar-refractivity contribution in [1.82, 2.24) is 24.9 Å². The molecule has 0 saturated carbocycles. The topological polar surface area (TPSA) is 84.7 Å². The predicted octanol–water partition coefficient (Wildman–Crippen LogP) is 18.2. The number of rotatable bonds is 9. The van der Waals surface area contributed by atoms with Gasteiger partial charge in [-0.2, -0.15) is 4.98 Å². The van der Waals surface area contributed by atoms with E-state index in [9.17, 15) is 5.11 Å². The molecule has 0 amide bonds. The standard InChI is InChI=1S/C61H44N3.C12H14N2O.Ir/c1-40-28-48(37-62-35-40)52-18-8-6-16-50(52)46-30-42(31-47(32-46)51-17-7-9-19-53(51)49-29-41(2)36-63-38-49)24-25-45-39-64-61(43-14-4-3-5-15-43)34-59(45)44-26-27-58-56-22-11-10-20-54(56)55-21-12-13-23-57(55)60(58)33-44;1-12(2,3)11-13-9-7-5-4-6-8(9)10(15)14-11;/h3-14,16-23,26-39H,24-25H2,1-2H3;4-7H,1-3H3,(H,13,14,15);/q-1;;. The number of aromatic hydroxyl groups is 1. The van der Waals surface area contributed by atoms with Gasteiger partial charge in [0.2, 0.25) is 5.88 Å². The van der Waals surface area contributed by atoms with Crippen LogP contribution in [0, 0.1) is 19.9 Å². The monoisotopic (exact) mass is 1210 g/mol. The minimum atomic E-state index is -0.151. The van der Waals surface area contributed by atoms with Gasteiger partial charge >= 0.3 is 0 Å². The van der Waals surface area contributed by atoms with Gasteiger partial charge in [-0.1, -0.05) is 160 Å². The predicted molar refractivity (Wildman–Crippen MR) is 327 cm³/mol. The van der Waals surface area contributed by atoms with Gasteiger partial charge in [-0.25, -0.2) is 4.98 Å². The first-order valence-electron chi connectivity index (χ1n) is 26.9. The van der Waals surface area contributed by atoms with E-state index in [0.29, 0.717) is 11.2 Å². The molecule has 7 heteroatoms. The Morgan fingerprint density at radius 3 is 1.49 bits per heavy atom. The quantitative estimate of drug-likeness (QED) is 0.114. The fourth-order valence-electron chi connectivity index (χ4n) is 10.9. The molecule has 0 aliphatic heterocycles. The molecule has 4 heterocycles.